The molecule has 4 nitrogen and oxygen atoms in total. The van der Waals surface area contributed by atoms with Crippen molar-refractivity contribution in [2.24, 2.45) is 5.92 Å². The van der Waals surface area contributed by atoms with Crippen molar-refractivity contribution in [1.29, 1.82) is 0 Å². The molecule has 0 saturated carbocycles. The quantitative estimate of drug-likeness (QED) is 0.528. The number of carboxylic acids is 1. The minimum atomic E-state index is -1.19. The van der Waals surface area contributed by atoms with Crippen molar-refractivity contribution in [3.63, 3.8) is 0 Å². The Balaban J connectivity index is 2.66. The van der Waals surface area contributed by atoms with Gasteiger partial charge < -0.3 is 15.3 Å². The number of aliphatic carboxylic acids is 1. The fourth-order valence-corrected chi connectivity index (χ4v) is 2.38. The molecule has 3 N–H and O–H groups in total. The molecule has 108 valence electrons. The molecule has 0 aromatic rings. The summed E-state index contributed by atoms with van der Waals surface area (Å²) in [4.78, 5) is 10.7. The molecule has 0 unspecified atom stereocenters. The second-order valence-electron chi connectivity index (χ2n) is 5.69. The van der Waals surface area contributed by atoms with Crippen LogP contribution in [0.15, 0.2) is 23.3 Å². The van der Waals surface area contributed by atoms with Gasteiger partial charge in [-0.25, -0.2) is 4.79 Å². The van der Waals surface area contributed by atoms with Crippen molar-refractivity contribution >= 4 is 5.97 Å². The van der Waals surface area contributed by atoms with E-state index in [2.05, 4.69) is 13.0 Å². The zero-order valence-electron chi connectivity index (χ0n) is 11.9. The van der Waals surface area contributed by atoms with E-state index in [0.717, 1.165) is 19.3 Å². The lowest BCUT2D eigenvalue weighted by molar-refractivity contribution is -0.132. The van der Waals surface area contributed by atoms with Crippen LogP contribution >= 0.6 is 0 Å². The van der Waals surface area contributed by atoms with Crippen LogP contribution in [0.5, 0.6) is 0 Å². The van der Waals surface area contributed by atoms with Gasteiger partial charge in [0.25, 0.3) is 0 Å². The van der Waals surface area contributed by atoms with Gasteiger partial charge in [0.15, 0.2) is 0 Å². The van der Waals surface area contributed by atoms with Gasteiger partial charge in [0.2, 0.25) is 0 Å². The molecule has 1 aliphatic carbocycles. The third-order valence-electron chi connectivity index (χ3n) is 4.12. The highest BCUT2D eigenvalue weighted by Gasteiger charge is 2.38. The number of hydrogen-bond acceptors (Lipinski definition) is 3. The summed E-state index contributed by atoms with van der Waals surface area (Å²) in [5, 5.41) is 29.4. The molecule has 0 aliphatic heterocycles. The van der Waals surface area contributed by atoms with Crippen LogP contribution in [0.1, 0.15) is 46.5 Å². The zero-order valence-corrected chi connectivity index (χ0v) is 11.9. The number of aliphatic hydroxyl groups excluding tert-OH is 1. The molecule has 0 fully saturated rings. The highest BCUT2D eigenvalue weighted by molar-refractivity contribution is 5.85. The summed E-state index contributed by atoms with van der Waals surface area (Å²) in [6, 6.07) is 0. The van der Waals surface area contributed by atoms with Crippen LogP contribution in [0.4, 0.5) is 0 Å². The maximum atomic E-state index is 10.7. The number of carbonyl (C=O) groups is 1. The second-order valence-corrected chi connectivity index (χ2v) is 5.69. The minimum absolute atomic E-state index is 0.0183. The normalized spacial score (nSPS) is 25.4. The summed E-state index contributed by atoms with van der Waals surface area (Å²) < 4.78 is 0. The van der Waals surface area contributed by atoms with Crippen molar-refractivity contribution < 1.29 is 20.1 Å². The Labute approximate surface area is 114 Å². The molecule has 1 aliphatic rings. The van der Waals surface area contributed by atoms with E-state index in [1.54, 1.807) is 6.92 Å². The number of hydrogen-bond donors (Lipinski definition) is 3. The smallest absolute Gasteiger partial charge is 0.330 e. The van der Waals surface area contributed by atoms with Gasteiger partial charge in [0.1, 0.15) is 0 Å². The van der Waals surface area contributed by atoms with Crippen LogP contribution in [-0.2, 0) is 4.79 Å². The molecule has 0 heterocycles. The maximum absolute atomic E-state index is 10.7. The number of carboxylic acid groups (broad SMARTS) is 1. The van der Waals surface area contributed by atoms with E-state index in [0.29, 0.717) is 0 Å². The largest absolute Gasteiger partial charge is 0.478 e. The lowest BCUT2D eigenvalue weighted by Crippen LogP contribution is -2.46. The van der Waals surface area contributed by atoms with Gasteiger partial charge in [-0.3, -0.25) is 0 Å². The van der Waals surface area contributed by atoms with Crippen LogP contribution in [0, 0.1) is 5.92 Å². The van der Waals surface area contributed by atoms with Crippen molar-refractivity contribution in [1.82, 2.24) is 0 Å². The van der Waals surface area contributed by atoms with Gasteiger partial charge in [-0.15, -0.1) is 0 Å². The lowest BCUT2D eigenvalue weighted by Gasteiger charge is -2.38. The first-order chi connectivity index (χ1) is 8.75. The first-order valence-corrected chi connectivity index (χ1v) is 6.71. The summed E-state index contributed by atoms with van der Waals surface area (Å²) in [5.74, 6) is -0.979. The number of allylic oxidation sites excluding steroid dienone is 2. The van der Waals surface area contributed by atoms with Gasteiger partial charge >= 0.3 is 5.97 Å². The summed E-state index contributed by atoms with van der Waals surface area (Å²) in [6.07, 6.45) is 5.34. The average molecular weight is 268 g/mol. The summed E-state index contributed by atoms with van der Waals surface area (Å²) in [5.41, 5.74) is 0.323. The van der Waals surface area contributed by atoms with E-state index in [4.69, 9.17) is 5.11 Å². The lowest BCUT2D eigenvalue weighted by atomic mass is 9.75. The number of rotatable bonds is 5. The molecule has 0 aromatic heterocycles. The van der Waals surface area contributed by atoms with Gasteiger partial charge in [-0.2, -0.15) is 0 Å². The molecule has 19 heavy (non-hydrogen) atoms. The second kappa shape index (κ2) is 6.35. The van der Waals surface area contributed by atoms with Crippen molar-refractivity contribution in [2.75, 3.05) is 0 Å². The van der Waals surface area contributed by atoms with Gasteiger partial charge in [0, 0.05) is 5.57 Å². The molecular weight excluding hydrogens is 244 g/mol. The van der Waals surface area contributed by atoms with E-state index in [1.807, 2.05) is 0 Å². The van der Waals surface area contributed by atoms with Gasteiger partial charge in [-0.05, 0) is 52.4 Å². The van der Waals surface area contributed by atoms with Crippen LogP contribution in [0.2, 0.25) is 0 Å². The van der Waals surface area contributed by atoms with E-state index >= 15 is 0 Å². The summed E-state index contributed by atoms with van der Waals surface area (Å²) in [7, 11) is 0. The monoisotopic (exact) mass is 268 g/mol. The Morgan fingerprint density at radius 1 is 1.63 bits per heavy atom. The molecule has 0 bridgehead atoms. The van der Waals surface area contributed by atoms with Crippen molar-refractivity contribution in [3.05, 3.63) is 23.3 Å². The molecule has 1 rings (SSSR count). The van der Waals surface area contributed by atoms with E-state index in [-0.39, 0.29) is 17.9 Å². The Bertz CT molecular complexity index is 393. The topological polar surface area (TPSA) is 77.8 Å². The Hall–Kier alpha value is -1.13. The summed E-state index contributed by atoms with van der Waals surface area (Å²) >= 11 is 0. The predicted molar refractivity (Wildman–Crippen MR) is 73.7 cm³/mol. The molecule has 4 heteroatoms. The molecule has 0 saturated heterocycles. The van der Waals surface area contributed by atoms with E-state index in [1.165, 1.54) is 18.6 Å². The van der Waals surface area contributed by atoms with Crippen LogP contribution in [-0.4, -0.2) is 33.0 Å². The molecule has 0 amide bonds. The molecule has 0 radical (unpaired) electrons. The van der Waals surface area contributed by atoms with Crippen molar-refractivity contribution in [2.45, 2.75) is 58.2 Å². The molecule has 0 aromatic carbocycles. The van der Waals surface area contributed by atoms with Crippen LogP contribution in [0.25, 0.3) is 0 Å². The molecule has 3 atom stereocenters. The Morgan fingerprint density at radius 3 is 2.74 bits per heavy atom. The highest BCUT2D eigenvalue weighted by Crippen LogP contribution is 2.34. The Morgan fingerprint density at radius 2 is 2.26 bits per heavy atom. The third kappa shape index (κ3) is 4.18. The summed E-state index contributed by atoms with van der Waals surface area (Å²) in [6.45, 7) is 5.19. The van der Waals surface area contributed by atoms with Crippen molar-refractivity contribution in [3.8, 4) is 0 Å². The third-order valence-corrected chi connectivity index (χ3v) is 4.12. The van der Waals surface area contributed by atoms with Crippen LogP contribution in [0.3, 0.4) is 0 Å². The minimum Gasteiger partial charge on any atom is -0.478 e. The molecular formula is C15H24O4. The predicted octanol–water partition coefficient (Wildman–Crippen LogP) is 2.27. The highest BCUT2D eigenvalue weighted by atomic mass is 16.4. The van der Waals surface area contributed by atoms with Gasteiger partial charge in [0.05, 0.1) is 11.7 Å². The van der Waals surface area contributed by atoms with E-state index in [9.17, 15) is 15.0 Å². The maximum Gasteiger partial charge on any atom is 0.330 e. The fourth-order valence-electron chi connectivity index (χ4n) is 2.38. The SMILES string of the molecule is CC1=CC[C@H]([C@@](C)(O)[C@@H](O)C/C=C(\C)C(=O)O)CC1. The first-order valence-electron chi connectivity index (χ1n) is 6.71. The van der Waals surface area contributed by atoms with Crippen LogP contribution < -0.4 is 0 Å². The van der Waals surface area contributed by atoms with E-state index < -0.39 is 17.7 Å². The number of aliphatic hydroxyl groups is 2. The average Bonchev–Trinajstić information content (AvgIpc) is 2.35. The zero-order chi connectivity index (χ0) is 14.6. The standard InChI is InChI=1S/C15H24O4/c1-10-4-7-12(8-5-10)15(3,19)13(16)9-6-11(2)14(17)18/h4,6,12-13,16,19H,5,7-9H2,1-3H3,(H,17,18)/b11-6+/t12-,13-,15+/m0/s1. The fraction of sp³-hybridized carbons (Fsp3) is 0.667. The van der Waals surface area contributed by atoms with Gasteiger partial charge in [-0.1, -0.05) is 17.7 Å². The first kappa shape index (κ1) is 15.9. The molecule has 0 spiro atoms. The Kier molecular flexibility index (Phi) is 5.32.